The summed E-state index contributed by atoms with van der Waals surface area (Å²) in [7, 11) is 0. The standard InChI is InChI=1S/C19H20ClN3O2S/c1-13-23-17(12-26-13)14-2-5-16(6-3-14)25-9-8-21-11-18(24)15-4-7-19(20)22-10-15/h2-7,10,12,18,21,24H,8-9,11H2,1H3. The van der Waals surface area contributed by atoms with Crippen LogP contribution in [0.5, 0.6) is 5.75 Å². The summed E-state index contributed by atoms with van der Waals surface area (Å²) < 4.78 is 5.71. The highest BCUT2D eigenvalue weighted by Crippen LogP contribution is 2.23. The fourth-order valence-corrected chi connectivity index (χ4v) is 3.13. The van der Waals surface area contributed by atoms with E-state index in [-0.39, 0.29) is 0 Å². The van der Waals surface area contributed by atoms with Gasteiger partial charge in [-0.2, -0.15) is 0 Å². The van der Waals surface area contributed by atoms with Crippen LogP contribution in [-0.2, 0) is 0 Å². The van der Waals surface area contributed by atoms with Crippen molar-refractivity contribution in [2.45, 2.75) is 13.0 Å². The first-order valence-corrected chi connectivity index (χ1v) is 9.53. The molecule has 1 atom stereocenters. The SMILES string of the molecule is Cc1nc(-c2ccc(OCCNCC(O)c3ccc(Cl)nc3)cc2)cs1. The van der Waals surface area contributed by atoms with E-state index in [1.165, 1.54) is 0 Å². The van der Waals surface area contributed by atoms with Gasteiger partial charge in [0.25, 0.3) is 0 Å². The molecule has 0 spiro atoms. The molecule has 0 aliphatic rings. The molecule has 0 bridgehead atoms. The molecule has 7 heteroatoms. The molecular formula is C19H20ClN3O2S. The van der Waals surface area contributed by atoms with Crippen molar-refractivity contribution in [3.63, 3.8) is 0 Å². The minimum Gasteiger partial charge on any atom is -0.492 e. The highest BCUT2D eigenvalue weighted by atomic mass is 35.5. The summed E-state index contributed by atoms with van der Waals surface area (Å²) in [6, 6.07) is 11.3. The number of hydrogen-bond donors (Lipinski definition) is 2. The summed E-state index contributed by atoms with van der Waals surface area (Å²) in [6.45, 7) is 3.57. The summed E-state index contributed by atoms with van der Waals surface area (Å²) in [5, 5.41) is 16.8. The molecule has 3 rings (SSSR count). The normalized spacial score (nSPS) is 12.1. The number of halogens is 1. The van der Waals surface area contributed by atoms with E-state index in [4.69, 9.17) is 16.3 Å². The summed E-state index contributed by atoms with van der Waals surface area (Å²) in [6.07, 6.45) is 0.956. The van der Waals surface area contributed by atoms with E-state index in [2.05, 4.69) is 20.7 Å². The number of aliphatic hydroxyl groups excluding tert-OH is 1. The highest BCUT2D eigenvalue weighted by molar-refractivity contribution is 7.09. The van der Waals surface area contributed by atoms with Gasteiger partial charge in [0.2, 0.25) is 0 Å². The predicted octanol–water partition coefficient (Wildman–Crippen LogP) is 3.87. The molecule has 0 aliphatic carbocycles. The molecule has 0 aliphatic heterocycles. The number of ether oxygens (including phenoxy) is 1. The molecule has 0 amide bonds. The maximum absolute atomic E-state index is 10.1. The lowest BCUT2D eigenvalue weighted by molar-refractivity contribution is 0.171. The number of pyridine rings is 1. The largest absolute Gasteiger partial charge is 0.492 e. The van der Waals surface area contributed by atoms with Crippen LogP contribution in [-0.4, -0.2) is 34.8 Å². The fourth-order valence-electron chi connectivity index (χ4n) is 2.40. The van der Waals surface area contributed by atoms with E-state index >= 15 is 0 Å². The van der Waals surface area contributed by atoms with Crippen LogP contribution in [0.25, 0.3) is 11.3 Å². The number of hydrogen-bond acceptors (Lipinski definition) is 6. The number of rotatable bonds is 8. The zero-order chi connectivity index (χ0) is 18.4. The van der Waals surface area contributed by atoms with Gasteiger partial charge in [0, 0.05) is 35.8 Å². The first kappa shape index (κ1) is 18.8. The second kappa shape index (κ2) is 9.09. The second-order valence-corrected chi connectivity index (χ2v) is 7.21. The van der Waals surface area contributed by atoms with Crippen molar-refractivity contribution in [2.24, 2.45) is 0 Å². The molecule has 0 fully saturated rings. The topological polar surface area (TPSA) is 67.3 Å². The van der Waals surface area contributed by atoms with Crippen molar-refractivity contribution < 1.29 is 9.84 Å². The van der Waals surface area contributed by atoms with Crippen molar-refractivity contribution in [3.05, 3.63) is 63.7 Å². The van der Waals surface area contributed by atoms with E-state index in [1.54, 1.807) is 29.7 Å². The van der Waals surface area contributed by atoms with Crippen molar-refractivity contribution in [3.8, 4) is 17.0 Å². The predicted molar refractivity (Wildman–Crippen MR) is 105 cm³/mol. The van der Waals surface area contributed by atoms with E-state index in [1.807, 2.05) is 31.2 Å². The second-order valence-electron chi connectivity index (χ2n) is 5.76. The molecule has 3 aromatic rings. The number of aromatic nitrogens is 2. The Balaban J connectivity index is 1.39. The monoisotopic (exact) mass is 389 g/mol. The lowest BCUT2D eigenvalue weighted by atomic mass is 10.1. The average Bonchev–Trinajstić information content (AvgIpc) is 3.09. The van der Waals surface area contributed by atoms with E-state index in [9.17, 15) is 5.11 Å². The Hall–Kier alpha value is -1.99. The molecule has 26 heavy (non-hydrogen) atoms. The Morgan fingerprint density at radius 1 is 1.23 bits per heavy atom. The summed E-state index contributed by atoms with van der Waals surface area (Å²) in [5.41, 5.74) is 2.81. The van der Waals surface area contributed by atoms with Crippen molar-refractivity contribution in [2.75, 3.05) is 19.7 Å². The number of nitrogens with zero attached hydrogens (tertiary/aromatic N) is 2. The Morgan fingerprint density at radius 3 is 2.69 bits per heavy atom. The van der Waals surface area contributed by atoms with Crippen LogP contribution >= 0.6 is 22.9 Å². The van der Waals surface area contributed by atoms with Gasteiger partial charge < -0.3 is 15.2 Å². The summed E-state index contributed by atoms with van der Waals surface area (Å²) in [5.74, 6) is 0.810. The lowest BCUT2D eigenvalue weighted by Gasteiger charge is -2.12. The molecular weight excluding hydrogens is 370 g/mol. The fraction of sp³-hybridized carbons (Fsp3) is 0.263. The van der Waals surface area contributed by atoms with Gasteiger partial charge in [0.1, 0.15) is 17.5 Å². The molecule has 0 radical (unpaired) electrons. The van der Waals surface area contributed by atoms with Crippen LogP contribution in [0.1, 0.15) is 16.7 Å². The molecule has 1 unspecified atom stereocenters. The zero-order valence-electron chi connectivity index (χ0n) is 14.4. The van der Waals surface area contributed by atoms with Gasteiger partial charge in [-0.25, -0.2) is 9.97 Å². The van der Waals surface area contributed by atoms with E-state index in [0.717, 1.165) is 27.6 Å². The van der Waals surface area contributed by atoms with Crippen LogP contribution < -0.4 is 10.1 Å². The van der Waals surface area contributed by atoms with Gasteiger partial charge >= 0.3 is 0 Å². The van der Waals surface area contributed by atoms with Crippen LogP contribution in [0.15, 0.2) is 48.0 Å². The zero-order valence-corrected chi connectivity index (χ0v) is 15.9. The number of thiazole rings is 1. The third-order valence-electron chi connectivity index (χ3n) is 3.79. The molecule has 2 aromatic heterocycles. The van der Waals surface area contributed by atoms with Crippen LogP contribution in [0.3, 0.4) is 0 Å². The van der Waals surface area contributed by atoms with Crippen molar-refractivity contribution in [1.82, 2.24) is 15.3 Å². The Kier molecular flexibility index (Phi) is 6.57. The van der Waals surface area contributed by atoms with E-state index < -0.39 is 6.10 Å². The van der Waals surface area contributed by atoms with Crippen LogP contribution in [0.2, 0.25) is 5.15 Å². The van der Waals surface area contributed by atoms with E-state index in [0.29, 0.717) is 24.8 Å². The molecule has 136 valence electrons. The number of benzene rings is 1. The first-order valence-electron chi connectivity index (χ1n) is 8.27. The highest BCUT2D eigenvalue weighted by Gasteiger charge is 2.07. The number of aryl methyl sites for hydroxylation is 1. The molecule has 1 aromatic carbocycles. The van der Waals surface area contributed by atoms with Crippen LogP contribution in [0.4, 0.5) is 0 Å². The smallest absolute Gasteiger partial charge is 0.129 e. The maximum Gasteiger partial charge on any atom is 0.129 e. The third-order valence-corrected chi connectivity index (χ3v) is 4.79. The van der Waals surface area contributed by atoms with Gasteiger partial charge in [-0.05, 0) is 37.3 Å². The summed E-state index contributed by atoms with van der Waals surface area (Å²) >= 11 is 7.38. The lowest BCUT2D eigenvalue weighted by Crippen LogP contribution is -2.26. The molecule has 0 saturated heterocycles. The van der Waals surface area contributed by atoms with Gasteiger partial charge in [-0.3, -0.25) is 0 Å². The maximum atomic E-state index is 10.1. The van der Waals surface area contributed by atoms with Gasteiger partial charge in [-0.15, -0.1) is 11.3 Å². The Bertz CT molecular complexity index is 822. The average molecular weight is 390 g/mol. The van der Waals surface area contributed by atoms with Gasteiger partial charge in [0.15, 0.2) is 0 Å². The minimum atomic E-state index is -0.624. The molecule has 2 N–H and O–H groups in total. The Morgan fingerprint density at radius 2 is 2.04 bits per heavy atom. The minimum absolute atomic E-state index is 0.415. The third kappa shape index (κ3) is 5.25. The van der Waals surface area contributed by atoms with Gasteiger partial charge in [-0.1, -0.05) is 17.7 Å². The van der Waals surface area contributed by atoms with Crippen molar-refractivity contribution >= 4 is 22.9 Å². The molecule has 5 nitrogen and oxygen atoms in total. The molecule has 2 heterocycles. The van der Waals surface area contributed by atoms with Crippen LogP contribution in [0, 0.1) is 6.92 Å². The first-order chi connectivity index (χ1) is 12.6. The van der Waals surface area contributed by atoms with Crippen molar-refractivity contribution in [1.29, 1.82) is 0 Å². The quantitative estimate of drug-likeness (QED) is 0.452. The van der Waals surface area contributed by atoms with Gasteiger partial charge in [0.05, 0.1) is 16.8 Å². The number of nitrogens with one attached hydrogen (secondary N) is 1. The summed E-state index contributed by atoms with van der Waals surface area (Å²) in [4.78, 5) is 8.44. The Labute approximate surface area is 161 Å². The number of aliphatic hydroxyl groups is 1. The molecule has 0 saturated carbocycles.